The van der Waals surface area contributed by atoms with Crippen molar-refractivity contribution in [2.24, 2.45) is 0 Å². The van der Waals surface area contributed by atoms with Crippen molar-refractivity contribution in [3.63, 3.8) is 0 Å². The van der Waals surface area contributed by atoms with Crippen molar-refractivity contribution in [3.05, 3.63) is 40.2 Å². The van der Waals surface area contributed by atoms with E-state index in [4.69, 9.17) is 0 Å². The van der Waals surface area contributed by atoms with Gasteiger partial charge in [0.2, 0.25) is 0 Å². The number of carbonyl (C=O) groups is 1. The Kier molecular flexibility index (Phi) is 4.20. The van der Waals surface area contributed by atoms with Gasteiger partial charge in [-0.1, -0.05) is 0 Å². The van der Waals surface area contributed by atoms with Crippen LogP contribution in [0.25, 0.3) is 0 Å². The fourth-order valence-electron chi connectivity index (χ4n) is 2.56. The van der Waals surface area contributed by atoms with E-state index in [9.17, 15) is 4.79 Å². The largest absolute Gasteiger partial charge is 0.357 e. The van der Waals surface area contributed by atoms with E-state index in [-0.39, 0.29) is 5.91 Å². The molecule has 1 fully saturated rings. The maximum atomic E-state index is 12.1. The second-order valence-corrected chi connectivity index (χ2v) is 6.26. The standard InChI is InChI=1S/C16H19N3OS/c1-12-7-10-21-15(12)16(20)18-13-5-6-14(17-11-13)19-8-3-2-4-9-19/h5-7,10-11H,2-4,8-9H2,1H3,(H,18,20). The zero-order valence-electron chi connectivity index (χ0n) is 12.1. The van der Waals surface area contributed by atoms with E-state index in [1.807, 2.05) is 30.5 Å². The Labute approximate surface area is 128 Å². The van der Waals surface area contributed by atoms with Crippen molar-refractivity contribution in [3.8, 4) is 0 Å². The van der Waals surface area contributed by atoms with E-state index < -0.39 is 0 Å². The molecule has 0 spiro atoms. The van der Waals surface area contributed by atoms with E-state index in [0.29, 0.717) is 0 Å². The molecule has 5 heteroatoms. The zero-order valence-corrected chi connectivity index (χ0v) is 12.9. The minimum Gasteiger partial charge on any atom is -0.357 e. The maximum absolute atomic E-state index is 12.1. The molecule has 1 aliphatic rings. The van der Waals surface area contributed by atoms with Crippen LogP contribution in [0.4, 0.5) is 11.5 Å². The Morgan fingerprint density at radius 3 is 2.67 bits per heavy atom. The number of rotatable bonds is 3. The maximum Gasteiger partial charge on any atom is 0.266 e. The summed E-state index contributed by atoms with van der Waals surface area (Å²) in [7, 11) is 0. The number of carbonyl (C=O) groups excluding carboxylic acids is 1. The minimum atomic E-state index is -0.0602. The second kappa shape index (κ2) is 6.26. The van der Waals surface area contributed by atoms with Crippen molar-refractivity contribution >= 4 is 28.7 Å². The summed E-state index contributed by atoms with van der Waals surface area (Å²) in [6.45, 7) is 4.10. The van der Waals surface area contributed by atoms with Crippen molar-refractivity contribution in [1.29, 1.82) is 0 Å². The third-order valence-electron chi connectivity index (χ3n) is 3.75. The molecule has 1 aliphatic heterocycles. The molecule has 0 aromatic carbocycles. The number of pyridine rings is 1. The number of thiophene rings is 1. The SMILES string of the molecule is Cc1ccsc1C(=O)Nc1ccc(N2CCCCC2)nc1. The Hall–Kier alpha value is -1.88. The molecule has 1 saturated heterocycles. The van der Waals surface area contributed by atoms with Crippen LogP contribution in [0, 0.1) is 6.92 Å². The molecule has 0 bridgehead atoms. The molecule has 1 N–H and O–H groups in total. The van der Waals surface area contributed by atoms with E-state index in [1.165, 1.54) is 30.6 Å². The molecular weight excluding hydrogens is 282 g/mol. The first kappa shape index (κ1) is 14.1. The molecule has 1 amide bonds. The minimum absolute atomic E-state index is 0.0602. The monoisotopic (exact) mass is 301 g/mol. The van der Waals surface area contributed by atoms with Crippen LogP contribution in [-0.4, -0.2) is 24.0 Å². The average molecular weight is 301 g/mol. The Morgan fingerprint density at radius 2 is 2.05 bits per heavy atom. The number of piperidine rings is 1. The first-order valence-electron chi connectivity index (χ1n) is 7.30. The fraction of sp³-hybridized carbons (Fsp3) is 0.375. The van der Waals surface area contributed by atoms with E-state index >= 15 is 0 Å². The molecule has 0 saturated carbocycles. The van der Waals surface area contributed by atoms with Crippen LogP contribution < -0.4 is 10.2 Å². The lowest BCUT2D eigenvalue weighted by molar-refractivity contribution is 0.103. The molecule has 2 aromatic heterocycles. The van der Waals surface area contributed by atoms with Gasteiger partial charge < -0.3 is 10.2 Å². The van der Waals surface area contributed by atoms with Gasteiger partial charge in [0.25, 0.3) is 5.91 Å². The first-order chi connectivity index (χ1) is 10.2. The average Bonchev–Trinajstić information content (AvgIpc) is 2.95. The number of aryl methyl sites for hydroxylation is 1. The van der Waals surface area contributed by atoms with Crippen LogP contribution in [0.15, 0.2) is 29.8 Å². The van der Waals surface area contributed by atoms with Crippen molar-refractivity contribution in [1.82, 2.24) is 4.98 Å². The third-order valence-corrected chi connectivity index (χ3v) is 4.77. The number of nitrogens with one attached hydrogen (secondary N) is 1. The summed E-state index contributed by atoms with van der Waals surface area (Å²) >= 11 is 1.46. The second-order valence-electron chi connectivity index (χ2n) is 5.34. The first-order valence-corrected chi connectivity index (χ1v) is 8.18. The van der Waals surface area contributed by atoms with Crippen LogP contribution in [0.2, 0.25) is 0 Å². The summed E-state index contributed by atoms with van der Waals surface area (Å²) in [5.74, 6) is 0.940. The highest BCUT2D eigenvalue weighted by Gasteiger charge is 2.13. The number of amides is 1. The quantitative estimate of drug-likeness (QED) is 0.940. The van der Waals surface area contributed by atoms with Gasteiger partial charge in [-0.2, -0.15) is 0 Å². The summed E-state index contributed by atoms with van der Waals surface area (Å²) in [5.41, 5.74) is 1.75. The van der Waals surface area contributed by atoms with Gasteiger partial charge in [0.05, 0.1) is 16.8 Å². The van der Waals surface area contributed by atoms with Gasteiger partial charge in [0.1, 0.15) is 5.82 Å². The van der Waals surface area contributed by atoms with Crippen molar-refractivity contribution < 1.29 is 4.79 Å². The van der Waals surface area contributed by atoms with E-state index in [1.54, 1.807) is 6.20 Å². The molecule has 4 nitrogen and oxygen atoms in total. The predicted molar refractivity (Wildman–Crippen MR) is 87.3 cm³/mol. The number of anilines is 2. The molecule has 2 aromatic rings. The summed E-state index contributed by atoms with van der Waals surface area (Å²) < 4.78 is 0. The molecule has 110 valence electrons. The number of hydrogen-bond acceptors (Lipinski definition) is 4. The molecule has 0 atom stereocenters. The van der Waals surface area contributed by atoms with Crippen molar-refractivity contribution in [2.45, 2.75) is 26.2 Å². The molecule has 0 radical (unpaired) electrons. The lowest BCUT2D eigenvalue weighted by atomic mass is 10.1. The number of nitrogens with zero attached hydrogens (tertiary/aromatic N) is 2. The van der Waals surface area contributed by atoms with Crippen LogP contribution in [0.1, 0.15) is 34.5 Å². The summed E-state index contributed by atoms with van der Waals surface area (Å²) in [6.07, 6.45) is 5.52. The normalized spacial score (nSPS) is 15.0. The number of aromatic nitrogens is 1. The zero-order chi connectivity index (χ0) is 14.7. The van der Waals surface area contributed by atoms with Gasteiger partial charge in [-0.25, -0.2) is 4.98 Å². The van der Waals surface area contributed by atoms with Crippen LogP contribution in [0.3, 0.4) is 0 Å². The summed E-state index contributed by atoms with van der Waals surface area (Å²) in [6, 6.07) is 5.87. The molecule has 0 aliphatic carbocycles. The Balaban J connectivity index is 1.67. The smallest absolute Gasteiger partial charge is 0.266 e. The van der Waals surface area contributed by atoms with Gasteiger partial charge >= 0.3 is 0 Å². The van der Waals surface area contributed by atoms with Crippen LogP contribution >= 0.6 is 11.3 Å². The van der Waals surface area contributed by atoms with Crippen LogP contribution in [-0.2, 0) is 0 Å². The Morgan fingerprint density at radius 1 is 1.24 bits per heavy atom. The van der Waals surface area contributed by atoms with Crippen molar-refractivity contribution in [2.75, 3.05) is 23.3 Å². The number of hydrogen-bond donors (Lipinski definition) is 1. The van der Waals surface area contributed by atoms with E-state index in [0.717, 1.165) is 35.0 Å². The van der Waals surface area contributed by atoms with Gasteiger partial charge in [-0.3, -0.25) is 4.79 Å². The predicted octanol–water partition coefficient (Wildman–Crippen LogP) is 3.69. The molecule has 0 unspecified atom stereocenters. The summed E-state index contributed by atoms with van der Waals surface area (Å²) in [5, 5.41) is 4.84. The van der Waals surface area contributed by atoms with Gasteiger partial charge in [0, 0.05) is 13.1 Å². The Bertz CT molecular complexity index is 615. The molecule has 21 heavy (non-hydrogen) atoms. The highest BCUT2D eigenvalue weighted by atomic mass is 32.1. The lowest BCUT2D eigenvalue weighted by Gasteiger charge is -2.27. The third kappa shape index (κ3) is 3.24. The fourth-order valence-corrected chi connectivity index (χ4v) is 3.38. The highest BCUT2D eigenvalue weighted by molar-refractivity contribution is 7.12. The van der Waals surface area contributed by atoms with Gasteiger partial charge in [-0.05, 0) is 55.3 Å². The molecular formula is C16H19N3OS. The van der Waals surface area contributed by atoms with Gasteiger partial charge in [0.15, 0.2) is 0 Å². The highest BCUT2D eigenvalue weighted by Crippen LogP contribution is 2.21. The summed E-state index contributed by atoms with van der Waals surface area (Å²) in [4.78, 5) is 19.7. The molecule has 3 heterocycles. The van der Waals surface area contributed by atoms with E-state index in [2.05, 4.69) is 15.2 Å². The topological polar surface area (TPSA) is 45.2 Å². The lowest BCUT2D eigenvalue weighted by Crippen LogP contribution is -2.30. The molecule has 3 rings (SSSR count). The van der Waals surface area contributed by atoms with Crippen LogP contribution in [0.5, 0.6) is 0 Å². The van der Waals surface area contributed by atoms with Gasteiger partial charge in [-0.15, -0.1) is 11.3 Å².